The van der Waals surface area contributed by atoms with Crippen LogP contribution in [0.25, 0.3) is 0 Å². The van der Waals surface area contributed by atoms with Crippen molar-refractivity contribution >= 4 is 11.9 Å². The van der Waals surface area contributed by atoms with E-state index in [0.29, 0.717) is 19.3 Å². The Hall–Kier alpha value is -1.50. The zero-order valence-corrected chi connectivity index (χ0v) is 10.7. The highest BCUT2D eigenvalue weighted by atomic mass is 16.4. The zero-order chi connectivity index (χ0) is 13.4. The van der Waals surface area contributed by atoms with Crippen LogP contribution in [0.3, 0.4) is 0 Å². The Bertz CT molecular complexity index is 324. The standard InChI is InChI=1S/C14H21NO3/c1-2-3-4-5-6-13(16)15-12-9-7-11(8-10-12)14(17)18/h1,11-12H,3-10H2,(H,15,16)(H,17,18). The molecular weight excluding hydrogens is 230 g/mol. The third-order valence-corrected chi connectivity index (χ3v) is 3.42. The molecule has 0 atom stereocenters. The van der Waals surface area contributed by atoms with Crippen LogP contribution in [0.5, 0.6) is 0 Å². The molecule has 18 heavy (non-hydrogen) atoms. The van der Waals surface area contributed by atoms with Crippen molar-refractivity contribution in [1.29, 1.82) is 0 Å². The van der Waals surface area contributed by atoms with E-state index < -0.39 is 5.97 Å². The molecule has 1 aliphatic rings. The Kier molecular flexibility index (Phi) is 6.27. The topological polar surface area (TPSA) is 66.4 Å². The lowest BCUT2D eigenvalue weighted by molar-refractivity contribution is -0.142. The number of amides is 1. The maximum Gasteiger partial charge on any atom is 0.306 e. The van der Waals surface area contributed by atoms with Crippen LogP contribution in [0, 0.1) is 18.3 Å². The summed E-state index contributed by atoms with van der Waals surface area (Å²) in [5, 5.41) is 11.8. The van der Waals surface area contributed by atoms with Crippen LogP contribution in [-0.4, -0.2) is 23.0 Å². The number of carbonyl (C=O) groups excluding carboxylic acids is 1. The minimum absolute atomic E-state index is 0.0609. The Morgan fingerprint density at radius 2 is 1.89 bits per heavy atom. The predicted molar refractivity (Wildman–Crippen MR) is 68.8 cm³/mol. The third kappa shape index (κ3) is 5.22. The Morgan fingerprint density at radius 1 is 1.22 bits per heavy atom. The minimum Gasteiger partial charge on any atom is -0.481 e. The molecule has 0 aromatic heterocycles. The van der Waals surface area contributed by atoms with Crippen LogP contribution in [-0.2, 0) is 9.59 Å². The van der Waals surface area contributed by atoms with Crippen LogP contribution in [0.4, 0.5) is 0 Å². The number of hydrogen-bond acceptors (Lipinski definition) is 2. The van der Waals surface area contributed by atoms with Crippen molar-refractivity contribution in [3.63, 3.8) is 0 Å². The molecule has 0 saturated heterocycles. The molecule has 1 amide bonds. The quantitative estimate of drug-likeness (QED) is 0.560. The van der Waals surface area contributed by atoms with E-state index in [4.69, 9.17) is 11.5 Å². The van der Waals surface area contributed by atoms with Gasteiger partial charge in [0.05, 0.1) is 5.92 Å². The number of carbonyl (C=O) groups is 2. The monoisotopic (exact) mass is 251 g/mol. The van der Waals surface area contributed by atoms with E-state index in [9.17, 15) is 9.59 Å². The molecule has 0 radical (unpaired) electrons. The van der Waals surface area contributed by atoms with Gasteiger partial charge in [0.1, 0.15) is 0 Å². The van der Waals surface area contributed by atoms with Gasteiger partial charge in [-0.2, -0.15) is 0 Å². The second-order valence-electron chi connectivity index (χ2n) is 4.87. The lowest BCUT2D eigenvalue weighted by atomic mass is 9.86. The average Bonchev–Trinajstić information content (AvgIpc) is 2.35. The Labute approximate surface area is 108 Å². The van der Waals surface area contributed by atoms with Gasteiger partial charge in [0.2, 0.25) is 5.91 Å². The molecule has 1 aliphatic carbocycles. The maximum atomic E-state index is 11.6. The first-order valence-corrected chi connectivity index (χ1v) is 6.59. The van der Waals surface area contributed by atoms with Crippen LogP contribution >= 0.6 is 0 Å². The van der Waals surface area contributed by atoms with Gasteiger partial charge in [-0.3, -0.25) is 9.59 Å². The lowest BCUT2D eigenvalue weighted by Gasteiger charge is -2.26. The molecule has 1 saturated carbocycles. The molecule has 0 aromatic rings. The second-order valence-corrected chi connectivity index (χ2v) is 4.87. The van der Waals surface area contributed by atoms with Crippen molar-refractivity contribution in [2.45, 2.75) is 57.4 Å². The van der Waals surface area contributed by atoms with Crippen molar-refractivity contribution in [2.75, 3.05) is 0 Å². The van der Waals surface area contributed by atoms with E-state index in [1.165, 1.54) is 0 Å². The summed E-state index contributed by atoms with van der Waals surface area (Å²) in [7, 11) is 0. The number of carboxylic acids is 1. The fourth-order valence-corrected chi connectivity index (χ4v) is 2.30. The van der Waals surface area contributed by atoms with E-state index in [2.05, 4.69) is 11.2 Å². The summed E-state index contributed by atoms with van der Waals surface area (Å²) in [5.74, 6) is 1.67. The number of hydrogen-bond donors (Lipinski definition) is 2. The number of carboxylic acid groups (broad SMARTS) is 1. The van der Waals surface area contributed by atoms with Crippen molar-refractivity contribution < 1.29 is 14.7 Å². The normalized spacial score (nSPS) is 23.1. The average molecular weight is 251 g/mol. The van der Waals surface area contributed by atoms with Crippen molar-refractivity contribution in [2.24, 2.45) is 5.92 Å². The third-order valence-electron chi connectivity index (χ3n) is 3.42. The second kappa shape index (κ2) is 7.75. The first kappa shape index (κ1) is 14.6. The molecule has 1 fully saturated rings. The molecule has 0 aliphatic heterocycles. The summed E-state index contributed by atoms with van der Waals surface area (Å²) in [6, 6.07) is 0.153. The summed E-state index contributed by atoms with van der Waals surface area (Å²) in [6.45, 7) is 0. The molecule has 0 bridgehead atoms. The van der Waals surface area contributed by atoms with E-state index in [-0.39, 0.29) is 17.9 Å². The van der Waals surface area contributed by atoms with E-state index in [1.807, 2.05) is 0 Å². The van der Waals surface area contributed by atoms with Gasteiger partial charge < -0.3 is 10.4 Å². The van der Waals surface area contributed by atoms with E-state index >= 15 is 0 Å². The summed E-state index contributed by atoms with van der Waals surface area (Å²) >= 11 is 0. The summed E-state index contributed by atoms with van der Waals surface area (Å²) in [5.41, 5.74) is 0. The number of terminal acetylenes is 1. The summed E-state index contributed by atoms with van der Waals surface area (Å²) < 4.78 is 0. The Balaban J connectivity index is 2.14. The highest BCUT2D eigenvalue weighted by molar-refractivity contribution is 5.76. The van der Waals surface area contributed by atoms with Crippen LogP contribution in [0.15, 0.2) is 0 Å². The minimum atomic E-state index is -0.714. The van der Waals surface area contributed by atoms with Gasteiger partial charge in [-0.05, 0) is 38.5 Å². The number of nitrogens with one attached hydrogen (secondary N) is 1. The largest absolute Gasteiger partial charge is 0.481 e. The van der Waals surface area contributed by atoms with Gasteiger partial charge in [0, 0.05) is 18.9 Å². The SMILES string of the molecule is C#CCCCCC(=O)NC1CCC(C(=O)O)CC1. The maximum absolute atomic E-state index is 11.6. The fourth-order valence-electron chi connectivity index (χ4n) is 2.30. The van der Waals surface area contributed by atoms with Gasteiger partial charge >= 0.3 is 5.97 Å². The van der Waals surface area contributed by atoms with Crippen LogP contribution in [0.2, 0.25) is 0 Å². The first-order chi connectivity index (χ1) is 8.63. The predicted octanol–water partition coefficient (Wildman–Crippen LogP) is 1.94. The highest BCUT2D eigenvalue weighted by Crippen LogP contribution is 2.24. The Morgan fingerprint density at radius 3 is 2.44 bits per heavy atom. The fraction of sp³-hybridized carbons (Fsp3) is 0.714. The van der Waals surface area contributed by atoms with Crippen LogP contribution in [0.1, 0.15) is 51.4 Å². The number of unbranched alkanes of at least 4 members (excludes halogenated alkanes) is 2. The van der Waals surface area contributed by atoms with Gasteiger partial charge in [-0.1, -0.05) is 0 Å². The van der Waals surface area contributed by atoms with E-state index in [1.54, 1.807) is 0 Å². The van der Waals surface area contributed by atoms with Gasteiger partial charge in [0.15, 0.2) is 0 Å². The molecule has 1 rings (SSSR count). The molecular formula is C14H21NO3. The smallest absolute Gasteiger partial charge is 0.306 e. The molecule has 0 unspecified atom stereocenters. The molecule has 2 N–H and O–H groups in total. The molecule has 100 valence electrons. The first-order valence-electron chi connectivity index (χ1n) is 6.59. The lowest BCUT2D eigenvalue weighted by Crippen LogP contribution is -2.38. The molecule has 4 heteroatoms. The van der Waals surface area contributed by atoms with Crippen LogP contribution < -0.4 is 5.32 Å². The van der Waals surface area contributed by atoms with Crippen molar-refractivity contribution in [1.82, 2.24) is 5.32 Å². The summed E-state index contributed by atoms with van der Waals surface area (Å²) in [6.07, 6.45) is 10.9. The molecule has 4 nitrogen and oxygen atoms in total. The van der Waals surface area contributed by atoms with Gasteiger partial charge in [0.25, 0.3) is 0 Å². The number of aliphatic carboxylic acids is 1. The summed E-state index contributed by atoms with van der Waals surface area (Å²) in [4.78, 5) is 22.4. The molecule has 0 spiro atoms. The van der Waals surface area contributed by atoms with Gasteiger partial charge in [-0.15, -0.1) is 12.3 Å². The molecule has 0 aromatic carbocycles. The van der Waals surface area contributed by atoms with E-state index in [0.717, 1.165) is 32.1 Å². The zero-order valence-electron chi connectivity index (χ0n) is 10.7. The highest BCUT2D eigenvalue weighted by Gasteiger charge is 2.26. The molecule has 0 heterocycles. The van der Waals surface area contributed by atoms with Crippen molar-refractivity contribution in [3.8, 4) is 12.3 Å². The van der Waals surface area contributed by atoms with Crippen molar-refractivity contribution in [3.05, 3.63) is 0 Å². The number of rotatable bonds is 6. The van der Waals surface area contributed by atoms with Gasteiger partial charge in [-0.25, -0.2) is 0 Å².